The summed E-state index contributed by atoms with van der Waals surface area (Å²) in [5.74, 6) is -0.0674. The molecule has 1 aromatic carbocycles. The van der Waals surface area contributed by atoms with Crippen molar-refractivity contribution in [3.63, 3.8) is 0 Å². The van der Waals surface area contributed by atoms with Crippen LogP contribution in [0.1, 0.15) is 22.5 Å². The normalized spacial score (nSPS) is 17.1. The van der Waals surface area contributed by atoms with Crippen LogP contribution in [0.15, 0.2) is 35.2 Å². The van der Waals surface area contributed by atoms with Crippen molar-refractivity contribution in [2.75, 3.05) is 24.3 Å². The first-order valence-corrected chi connectivity index (χ1v) is 11.5. The van der Waals surface area contributed by atoms with Gasteiger partial charge in [-0.15, -0.1) is 23.1 Å². The van der Waals surface area contributed by atoms with Crippen LogP contribution in [-0.2, 0) is 4.74 Å². The second-order valence-corrected chi connectivity index (χ2v) is 9.53. The van der Waals surface area contributed by atoms with Crippen LogP contribution in [0.3, 0.4) is 0 Å². The molecule has 3 heterocycles. The molecule has 0 radical (unpaired) electrons. The van der Waals surface area contributed by atoms with E-state index >= 15 is 0 Å². The fraction of sp³-hybridized carbons (Fsp3) is 0.333. The largest absolute Gasteiger partial charge is 0.376 e. The number of halogens is 1. The van der Waals surface area contributed by atoms with Crippen molar-refractivity contribution in [2.45, 2.75) is 23.8 Å². The Morgan fingerprint density at radius 3 is 2.96 bits per heavy atom. The first kappa shape index (κ1) is 18.3. The topological polar surface area (TPSA) is 42.4 Å². The Kier molecular flexibility index (Phi) is 5.52. The third kappa shape index (κ3) is 3.64. The number of benzene rings is 1. The lowest BCUT2D eigenvalue weighted by atomic mass is 10.2. The molecule has 4 nitrogen and oxygen atoms in total. The fourth-order valence-corrected chi connectivity index (χ4v) is 5.61. The summed E-state index contributed by atoms with van der Waals surface area (Å²) in [6.45, 7) is 1.27. The van der Waals surface area contributed by atoms with Crippen molar-refractivity contribution >= 4 is 67.3 Å². The summed E-state index contributed by atoms with van der Waals surface area (Å²) < 4.78 is 7.47. The van der Waals surface area contributed by atoms with Gasteiger partial charge in [-0.3, -0.25) is 9.69 Å². The molecular weight excluding hydrogens is 408 g/mol. The standard InChI is InChI=1S/C18H17ClN2O2S3/c1-24-12-5-2-6-13-16(12)20-18(26-13)21(10-11-4-3-9-23-11)17(22)14-7-8-15(19)25-14/h2,5-8,11H,3-4,9-10H2,1H3. The molecule has 3 aromatic rings. The smallest absolute Gasteiger partial charge is 0.270 e. The summed E-state index contributed by atoms with van der Waals surface area (Å²) in [7, 11) is 0. The number of hydrogen-bond acceptors (Lipinski definition) is 6. The number of carbonyl (C=O) groups is 1. The average molecular weight is 425 g/mol. The molecule has 2 aromatic heterocycles. The predicted octanol–water partition coefficient (Wildman–Crippen LogP) is 5.56. The summed E-state index contributed by atoms with van der Waals surface area (Å²) in [4.78, 5) is 21.5. The van der Waals surface area contributed by atoms with Gasteiger partial charge in [0.15, 0.2) is 5.13 Å². The molecule has 1 amide bonds. The highest BCUT2D eigenvalue weighted by atomic mass is 35.5. The van der Waals surface area contributed by atoms with Gasteiger partial charge >= 0.3 is 0 Å². The molecule has 0 spiro atoms. The molecule has 0 saturated carbocycles. The molecule has 1 unspecified atom stereocenters. The molecule has 1 saturated heterocycles. The second kappa shape index (κ2) is 7.86. The van der Waals surface area contributed by atoms with Crippen LogP contribution in [0.2, 0.25) is 4.34 Å². The van der Waals surface area contributed by atoms with Crippen molar-refractivity contribution in [2.24, 2.45) is 0 Å². The van der Waals surface area contributed by atoms with Crippen molar-refractivity contribution in [1.82, 2.24) is 4.98 Å². The highest BCUT2D eigenvalue weighted by Crippen LogP contribution is 2.36. The predicted molar refractivity (Wildman–Crippen MR) is 111 cm³/mol. The Bertz CT molecular complexity index is 934. The number of nitrogens with zero attached hydrogens (tertiary/aromatic N) is 2. The number of aromatic nitrogens is 1. The summed E-state index contributed by atoms with van der Waals surface area (Å²) >= 11 is 10.5. The minimum absolute atomic E-state index is 0.0569. The zero-order valence-corrected chi connectivity index (χ0v) is 17.3. The summed E-state index contributed by atoms with van der Waals surface area (Å²) in [5, 5.41) is 0.714. The van der Waals surface area contributed by atoms with E-state index in [1.165, 1.54) is 11.3 Å². The van der Waals surface area contributed by atoms with Crippen LogP contribution in [0.5, 0.6) is 0 Å². The van der Waals surface area contributed by atoms with Crippen LogP contribution < -0.4 is 4.90 Å². The minimum Gasteiger partial charge on any atom is -0.376 e. The number of thioether (sulfide) groups is 1. The van der Waals surface area contributed by atoms with Gasteiger partial charge in [0.1, 0.15) is 0 Å². The maximum Gasteiger partial charge on any atom is 0.270 e. The first-order chi connectivity index (χ1) is 12.7. The van der Waals surface area contributed by atoms with Crippen molar-refractivity contribution in [1.29, 1.82) is 0 Å². The maximum absolute atomic E-state index is 13.2. The molecule has 26 heavy (non-hydrogen) atoms. The van der Waals surface area contributed by atoms with Crippen molar-refractivity contribution in [3.8, 4) is 0 Å². The highest BCUT2D eigenvalue weighted by Gasteiger charge is 2.28. The lowest BCUT2D eigenvalue weighted by molar-refractivity contribution is 0.0920. The highest BCUT2D eigenvalue weighted by molar-refractivity contribution is 7.98. The molecular formula is C18H17ClN2O2S3. The van der Waals surface area contributed by atoms with Gasteiger partial charge in [-0.2, -0.15) is 0 Å². The Morgan fingerprint density at radius 2 is 2.27 bits per heavy atom. The number of thiophene rings is 1. The first-order valence-electron chi connectivity index (χ1n) is 8.28. The zero-order chi connectivity index (χ0) is 18.1. The SMILES string of the molecule is CSc1cccc2sc(N(CC3CCCO3)C(=O)c3ccc(Cl)s3)nc12. The third-order valence-corrected chi connectivity index (χ3v) is 7.29. The van der Waals surface area contributed by atoms with Gasteiger partial charge in [0.25, 0.3) is 5.91 Å². The van der Waals surface area contributed by atoms with Gasteiger partial charge in [0, 0.05) is 11.5 Å². The number of para-hydroxylation sites is 1. The molecule has 8 heteroatoms. The van der Waals surface area contributed by atoms with E-state index in [-0.39, 0.29) is 12.0 Å². The third-order valence-electron chi connectivity index (χ3n) is 4.26. The monoisotopic (exact) mass is 424 g/mol. The summed E-state index contributed by atoms with van der Waals surface area (Å²) in [5.41, 5.74) is 0.953. The van der Waals surface area contributed by atoms with E-state index < -0.39 is 0 Å². The van der Waals surface area contributed by atoms with Crippen molar-refractivity contribution < 1.29 is 9.53 Å². The Hall–Kier alpha value is -1.12. The van der Waals surface area contributed by atoms with Gasteiger partial charge in [0.2, 0.25) is 0 Å². The molecule has 1 atom stereocenters. The second-order valence-electron chi connectivity index (χ2n) is 5.96. The molecule has 1 aliphatic rings. The van der Waals surface area contributed by atoms with E-state index in [2.05, 4.69) is 6.07 Å². The Morgan fingerprint density at radius 1 is 1.38 bits per heavy atom. The molecule has 4 rings (SSSR count). The number of carbonyl (C=O) groups excluding carboxylic acids is 1. The number of anilines is 1. The lowest BCUT2D eigenvalue weighted by Gasteiger charge is -2.22. The van der Waals surface area contributed by atoms with E-state index in [4.69, 9.17) is 21.3 Å². The van der Waals surface area contributed by atoms with E-state index in [9.17, 15) is 4.79 Å². The summed E-state index contributed by atoms with van der Waals surface area (Å²) in [6.07, 6.45) is 4.10. The number of ether oxygens (including phenoxy) is 1. The van der Waals surface area contributed by atoms with E-state index in [1.54, 1.807) is 40.1 Å². The quantitative estimate of drug-likeness (QED) is 0.503. The van der Waals surface area contributed by atoms with Crippen LogP contribution in [0.4, 0.5) is 5.13 Å². The Labute approximate surface area is 169 Å². The van der Waals surface area contributed by atoms with Crippen LogP contribution in [-0.4, -0.2) is 36.4 Å². The minimum atomic E-state index is -0.0674. The summed E-state index contributed by atoms with van der Waals surface area (Å²) in [6, 6.07) is 9.67. The number of thiazole rings is 1. The van der Waals surface area contributed by atoms with E-state index in [1.807, 2.05) is 18.4 Å². The lowest BCUT2D eigenvalue weighted by Crippen LogP contribution is -2.37. The number of amides is 1. The molecule has 1 fully saturated rings. The molecule has 1 aliphatic heterocycles. The molecule has 136 valence electrons. The van der Waals surface area contributed by atoms with E-state index in [0.29, 0.717) is 20.9 Å². The number of rotatable bonds is 5. The number of fused-ring (bicyclic) bond motifs is 1. The van der Waals surface area contributed by atoms with Gasteiger partial charge in [-0.05, 0) is 43.4 Å². The maximum atomic E-state index is 13.2. The van der Waals surface area contributed by atoms with Gasteiger partial charge in [-0.1, -0.05) is 29.0 Å². The van der Waals surface area contributed by atoms with Crippen LogP contribution in [0.25, 0.3) is 10.2 Å². The van der Waals surface area contributed by atoms with Gasteiger partial charge in [0.05, 0.1) is 32.1 Å². The fourth-order valence-electron chi connectivity index (χ4n) is 2.99. The van der Waals surface area contributed by atoms with Gasteiger partial charge < -0.3 is 4.74 Å². The van der Waals surface area contributed by atoms with Gasteiger partial charge in [-0.25, -0.2) is 4.98 Å². The Balaban J connectivity index is 1.73. The van der Waals surface area contributed by atoms with Crippen molar-refractivity contribution in [3.05, 3.63) is 39.5 Å². The zero-order valence-electron chi connectivity index (χ0n) is 14.1. The number of hydrogen-bond donors (Lipinski definition) is 0. The van der Waals surface area contributed by atoms with Crippen LogP contribution in [0, 0.1) is 0 Å². The molecule has 0 N–H and O–H groups in total. The molecule has 0 aliphatic carbocycles. The molecule has 0 bridgehead atoms. The van der Waals surface area contributed by atoms with E-state index in [0.717, 1.165) is 34.6 Å². The average Bonchev–Trinajstić information content (AvgIpc) is 3.38. The van der Waals surface area contributed by atoms with Crippen LogP contribution >= 0.6 is 46.0 Å².